The number of hydrogen-bond acceptors (Lipinski definition) is 3. The van der Waals surface area contributed by atoms with Crippen molar-refractivity contribution < 1.29 is 23.8 Å². The minimum atomic E-state index is -1.07. The van der Waals surface area contributed by atoms with E-state index in [4.69, 9.17) is 4.74 Å². The van der Waals surface area contributed by atoms with Gasteiger partial charge in [-0.2, -0.15) is 0 Å². The number of rotatable bonds is 5. The zero-order valence-corrected chi connectivity index (χ0v) is 10.8. The van der Waals surface area contributed by atoms with Gasteiger partial charge < -0.3 is 15.2 Å². The monoisotopic (exact) mass is 281 g/mol. The third-order valence-corrected chi connectivity index (χ3v) is 3.27. The molecule has 5 nitrogen and oxygen atoms in total. The van der Waals surface area contributed by atoms with Gasteiger partial charge in [0.25, 0.3) is 0 Å². The molecule has 1 heterocycles. The van der Waals surface area contributed by atoms with E-state index in [1.54, 1.807) is 0 Å². The summed E-state index contributed by atoms with van der Waals surface area (Å²) in [4.78, 5) is 23.0. The smallest absolute Gasteiger partial charge is 0.312 e. The Morgan fingerprint density at radius 1 is 1.40 bits per heavy atom. The highest BCUT2D eigenvalue weighted by Crippen LogP contribution is 2.17. The van der Waals surface area contributed by atoms with Crippen molar-refractivity contribution >= 4 is 11.9 Å². The van der Waals surface area contributed by atoms with Gasteiger partial charge in [0.15, 0.2) is 0 Å². The van der Waals surface area contributed by atoms with Crippen LogP contribution in [0.3, 0.4) is 0 Å². The molecule has 1 amide bonds. The molecule has 20 heavy (non-hydrogen) atoms. The Bertz CT molecular complexity index is 482. The first-order chi connectivity index (χ1) is 9.58. The van der Waals surface area contributed by atoms with Gasteiger partial charge >= 0.3 is 5.97 Å². The maximum atomic E-state index is 12.8. The first-order valence-electron chi connectivity index (χ1n) is 6.45. The van der Waals surface area contributed by atoms with Crippen LogP contribution in [0.15, 0.2) is 24.3 Å². The van der Waals surface area contributed by atoms with Crippen molar-refractivity contribution in [3.63, 3.8) is 0 Å². The molecule has 2 N–H and O–H groups in total. The number of halogens is 1. The quantitative estimate of drug-likeness (QED) is 0.852. The Hall–Kier alpha value is -1.95. The van der Waals surface area contributed by atoms with Gasteiger partial charge in [-0.15, -0.1) is 0 Å². The van der Waals surface area contributed by atoms with Crippen LogP contribution in [0.5, 0.6) is 0 Å². The number of aliphatic carboxylic acids is 1. The van der Waals surface area contributed by atoms with Gasteiger partial charge in [0.1, 0.15) is 11.9 Å². The summed E-state index contributed by atoms with van der Waals surface area (Å²) >= 11 is 0. The van der Waals surface area contributed by atoms with Crippen LogP contribution < -0.4 is 5.32 Å². The third kappa shape index (κ3) is 3.54. The number of nitrogens with one attached hydrogen (secondary N) is 1. The minimum Gasteiger partial charge on any atom is -0.481 e. The summed E-state index contributed by atoms with van der Waals surface area (Å²) in [5, 5.41) is 11.8. The Balaban J connectivity index is 1.97. The maximum absolute atomic E-state index is 12.8. The molecule has 0 bridgehead atoms. The van der Waals surface area contributed by atoms with E-state index >= 15 is 0 Å². The number of hydrogen-bond donors (Lipinski definition) is 2. The standard InChI is InChI=1S/C14H16FNO4/c15-10-5-3-9(4-6-10)11(14(18)19)8-16-13(17)12-2-1-7-20-12/h3-6,11-12H,1-2,7-8H2,(H,16,17)(H,18,19). The van der Waals surface area contributed by atoms with Gasteiger partial charge in [-0.3, -0.25) is 9.59 Å². The van der Waals surface area contributed by atoms with Crippen LogP contribution in [0.2, 0.25) is 0 Å². The number of carboxylic acids is 1. The van der Waals surface area contributed by atoms with Crippen molar-refractivity contribution in [3.8, 4) is 0 Å². The van der Waals surface area contributed by atoms with Crippen molar-refractivity contribution in [2.45, 2.75) is 24.9 Å². The van der Waals surface area contributed by atoms with Crippen molar-refractivity contribution in [1.82, 2.24) is 5.32 Å². The molecule has 0 saturated carbocycles. The van der Waals surface area contributed by atoms with Gasteiger partial charge in [-0.1, -0.05) is 12.1 Å². The van der Waals surface area contributed by atoms with Gasteiger partial charge in [0.2, 0.25) is 5.91 Å². The molecular formula is C14H16FNO4. The molecule has 0 aromatic heterocycles. The van der Waals surface area contributed by atoms with Crippen molar-refractivity contribution in [1.29, 1.82) is 0 Å². The molecule has 108 valence electrons. The first kappa shape index (κ1) is 14.5. The van der Waals surface area contributed by atoms with Gasteiger partial charge in [0, 0.05) is 13.2 Å². The van der Waals surface area contributed by atoms with Crippen LogP contribution in [-0.2, 0) is 14.3 Å². The van der Waals surface area contributed by atoms with Crippen molar-refractivity contribution in [2.24, 2.45) is 0 Å². The zero-order valence-electron chi connectivity index (χ0n) is 10.8. The second-order valence-electron chi connectivity index (χ2n) is 4.69. The van der Waals surface area contributed by atoms with E-state index in [2.05, 4.69) is 5.32 Å². The summed E-state index contributed by atoms with van der Waals surface area (Å²) in [5.74, 6) is -2.69. The summed E-state index contributed by atoms with van der Waals surface area (Å²) in [6, 6.07) is 5.22. The Morgan fingerprint density at radius 3 is 2.65 bits per heavy atom. The summed E-state index contributed by atoms with van der Waals surface area (Å²) < 4.78 is 18.1. The minimum absolute atomic E-state index is 0.0420. The molecular weight excluding hydrogens is 265 g/mol. The summed E-state index contributed by atoms with van der Waals surface area (Å²) in [6.45, 7) is 0.512. The van der Waals surface area contributed by atoms with Crippen LogP contribution >= 0.6 is 0 Å². The fourth-order valence-corrected chi connectivity index (χ4v) is 2.14. The number of carboxylic acid groups (broad SMARTS) is 1. The fourth-order valence-electron chi connectivity index (χ4n) is 2.14. The number of benzene rings is 1. The van der Waals surface area contributed by atoms with E-state index in [9.17, 15) is 19.1 Å². The lowest BCUT2D eigenvalue weighted by atomic mass is 9.99. The molecule has 2 rings (SSSR count). The van der Waals surface area contributed by atoms with Crippen molar-refractivity contribution in [2.75, 3.05) is 13.2 Å². The molecule has 1 aliphatic rings. The molecule has 2 atom stereocenters. The fraction of sp³-hybridized carbons (Fsp3) is 0.429. The molecule has 6 heteroatoms. The molecule has 2 unspecified atom stereocenters. The third-order valence-electron chi connectivity index (χ3n) is 3.27. The molecule has 1 saturated heterocycles. The SMILES string of the molecule is O=C(NCC(C(=O)O)c1ccc(F)cc1)C1CCCO1. The molecule has 1 aromatic rings. The zero-order chi connectivity index (χ0) is 14.5. The number of carbonyl (C=O) groups is 2. The average Bonchev–Trinajstić information content (AvgIpc) is 2.94. The van der Waals surface area contributed by atoms with E-state index in [-0.39, 0.29) is 12.5 Å². The summed E-state index contributed by atoms with van der Waals surface area (Å²) in [6.07, 6.45) is 0.996. The highest BCUT2D eigenvalue weighted by Gasteiger charge is 2.26. The molecule has 0 aliphatic carbocycles. The highest BCUT2D eigenvalue weighted by atomic mass is 19.1. The molecule has 0 spiro atoms. The second kappa shape index (κ2) is 6.47. The average molecular weight is 281 g/mol. The van der Waals surface area contributed by atoms with E-state index in [1.807, 2.05) is 0 Å². The number of ether oxygens (including phenoxy) is 1. The van der Waals surface area contributed by atoms with Crippen LogP contribution in [-0.4, -0.2) is 36.2 Å². The highest BCUT2D eigenvalue weighted by molar-refractivity contribution is 5.82. The van der Waals surface area contributed by atoms with Crippen LogP contribution in [0, 0.1) is 5.82 Å². The number of amides is 1. The van der Waals surface area contributed by atoms with E-state index in [0.717, 1.165) is 6.42 Å². The van der Waals surface area contributed by atoms with E-state index in [1.165, 1.54) is 24.3 Å². The summed E-state index contributed by atoms with van der Waals surface area (Å²) in [7, 11) is 0. The number of carbonyl (C=O) groups excluding carboxylic acids is 1. The van der Waals surface area contributed by atoms with Crippen LogP contribution in [0.1, 0.15) is 24.3 Å². The van der Waals surface area contributed by atoms with Gasteiger partial charge in [-0.05, 0) is 30.5 Å². The topological polar surface area (TPSA) is 75.6 Å². The van der Waals surface area contributed by atoms with Gasteiger partial charge in [-0.25, -0.2) is 4.39 Å². The van der Waals surface area contributed by atoms with E-state index in [0.29, 0.717) is 18.6 Å². The Morgan fingerprint density at radius 2 is 2.10 bits per heavy atom. The molecule has 1 aliphatic heterocycles. The predicted octanol–water partition coefficient (Wildman–Crippen LogP) is 1.29. The lowest BCUT2D eigenvalue weighted by molar-refractivity contribution is -0.139. The normalized spacial score (nSPS) is 19.6. The molecule has 0 radical (unpaired) electrons. The molecule has 1 fully saturated rings. The Kier molecular flexibility index (Phi) is 4.68. The summed E-state index contributed by atoms with van der Waals surface area (Å²) in [5.41, 5.74) is 0.451. The first-order valence-corrected chi connectivity index (χ1v) is 6.45. The second-order valence-corrected chi connectivity index (χ2v) is 4.69. The largest absolute Gasteiger partial charge is 0.481 e. The molecule has 1 aromatic carbocycles. The van der Waals surface area contributed by atoms with Crippen LogP contribution in [0.25, 0.3) is 0 Å². The van der Waals surface area contributed by atoms with Gasteiger partial charge in [0.05, 0.1) is 5.92 Å². The van der Waals surface area contributed by atoms with Crippen LogP contribution in [0.4, 0.5) is 4.39 Å². The van der Waals surface area contributed by atoms with E-state index < -0.39 is 23.8 Å². The Labute approximate surface area is 115 Å². The predicted molar refractivity (Wildman–Crippen MR) is 68.8 cm³/mol. The maximum Gasteiger partial charge on any atom is 0.312 e. The lowest BCUT2D eigenvalue weighted by Gasteiger charge is -2.15. The van der Waals surface area contributed by atoms with Crippen molar-refractivity contribution in [3.05, 3.63) is 35.6 Å². The lowest BCUT2D eigenvalue weighted by Crippen LogP contribution is -2.38.